The van der Waals surface area contributed by atoms with Gasteiger partial charge in [0.15, 0.2) is 0 Å². The standard InChI is InChI=1S/C25H26O3/c1-2-3-4-8-19-27-23-15-13-22(14-16-23)25(26)28-24-17-11-21(12-18-24)20-9-6-5-7-10-20/h5-7,9-18H,2-4,8,19H2,1H3. The summed E-state index contributed by atoms with van der Waals surface area (Å²) in [6.07, 6.45) is 4.69. The van der Waals surface area contributed by atoms with Gasteiger partial charge in [0.25, 0.3) is 0 Å². The molecule has 3 aromatic rings. The normalized spacial score (nSPS) is 10.5. The van der Waals surface area contributed by atoms with Crippen molar-refractivity contribution in [1.29, 1.82) is 0 Å². The molecule has 3 aromatic carbocycles. The van der Waals surface area contributed by atoms with E-state index in [0.29, 0.717) is 17.9 Å². The molecule has 0 saturated carbocycles. The fraction of sp³-hybridized carbons (Fsp3) is 0.240. The second kappa shape index (κ2) is 10.3. The van der Waals surface area contributed by atoms with E-state index in [4.69, 9.17) is 9.47 Å². The molecule has 0 amide bonds. The van der Waals surface area contributed by atoms with Gasteiger partial charge in [-0.2, -0.15) is 0 Å². The number of hydrogen-bond acceptors (Lipinski definition) is 3. The van der Waals surface area contributed by atoms with Crippen LogP contribution in [0.5, 0.6) is 11.5 Å². The number of benzene rings is 3. The molecule has 3 heteroatoms. The van der Waals surface area contributed by atoms with Gasteiger partial charge in [-0.1, -0.05) is 68.7 Å². The highest BCUT2D eigenvalue weighted by molar-refractivity contribution is 5.91. The van der Waals surface area contributed by atoms with Crippen molar-refractivity contribution in [3.05, 3.63) is 84.4 Å². The van der Waals surface area contributed by atoms with Crippen LogP contribution in [0.15, 0.2) is 78.9 Å². The van der Waals surface area contributed by atoms with Crippen molar-refractivity contribution >= 4 is 5.97 Å². The summed E-state index contributed by atoms with van der Waals surface area (Å²) in [6.45, 7) is 2.90. The molecule has 0 radical (unpaired) electrons. The van der Waals surface area contributed by atoms with E-state index in [1.54, 1.807) is 12.1 Å². The fourth-order valence-electron chi connectivity index (χ4n) is 2.92. The number of hydrogen-bond donors (Lipinski definition) is 0. The second-order valence-corrected chi connectivity index (χ2v) is 6.71. The van der Waals surface area contributed by atoms with Crippen molar-refractivity contribution in [3.63, 3.8) is 0 Å². The third kappa shape index (κ3) is 5.71. The van der Waals surface area contributed by atoms with Crippen LogP contribution in [0.1, 0.15) is 43.0 Å². The first-order valence-electron chi connectivity index (χ1n) is 9.87. The van der Waals surface area contributed by atoms with Gasteiger partial charge >= 0.3 is 5.97 Å². The lowest BCUT2D eigenvalue weighted by molar-refractivity contribution is 0.0734. The Morgan fingerprint density at radius 3 is 2.04 bits per heavy atom. The topological polar surface area (TPSA) is 35.5 Å². The third-order valence-electron chi connectivity index (χ3n) is 4.53. The molecule has 0 atom stereocenters. The molecule has 0 fully saturated rings. The minimum Gasteiger partial charge on any atom is -0.494 e. The van der Waals surface area contributed by atoms with Gasteiger partial charge in [-0.05, 0) is 53.9 Å². The first kappa shape index (κ1) is 19.7. The SMILES string of the molecule is CCCCCCOc1ccc(C(=O)Oc2ccc(-c3ccccc3)cc2)cc1. The number of ether oxygens (including phenoxy) is 2. The minimum absolute atomic E-state index is 0.373. The molecule has 0 aliphatic rings. The van der Waals surface area contributed by atoms with Crippen molar-refractivity contribution in [2.45, 2.75) is 32.6 Å². The van der Waals surface area contributed by atoms with Crippen LogP contribution in [0.2, 0.25) is 0 Å². The van der Waals surface area contributed by atoms with E-state index in [0.717, 1.165) is 23.3 Å². The van der Waals surface area contributed by atoms with Gasteiger partial charge in [0.2, 0.25) is 0 Å². The molecule has 144 valence electrons. The minimum atomic E-state index is -0.373. The molecule has 0 heterocycles. The molecule has 0 aromatic heterocycles. The van der Waals surface area contributed by atoms with E-state index in [1.165, 1.54) is 19.3 Å². The van der Waals surface area contributed by atoms with Crippen molar-refractivity contribution in [1.82, 2.24) is 0 Å². The fourth-order valence-corrected chi connectivity index (χ4v) is 2.92. The highest BCUT2D eigenvalue weighted by Crippen LogP contribution is 2.23. The zero-order valence-corrected chi connectivity index (χ0v) is 16.3. The van der Waals surface area contributed by atoms with Gasteiger partial charge in [-0.15, -0.1) is 0 Å². The molecule has 0 spiro atoms. The molecule has 3 rings (SSSR count). The van der Waals surface area contributed by atoms with Gasteiger partial charge in [0.05, 0.1) is 12.2 Å². The van der Waals surface area contributed by atoms with Crippen molar-refractivity contribution in [2.75, 3.05) is 6.61 Å². The zero-order chi connectivity index (χ0) is 19.6. The summed E-state index contributed by atoms with van der Waals surface area (Å²) >= 11 is 0. The largest absolute Gasteiger partial charge is 0.494 e. The monoisotopic (exact) mass is 374 g/mol. The summed E-state index contributed by atoms with van der Waals surface area (Å²) in [4.78, 5) is 12.3. The Morgan fingerprint density at radius 1 is 0.714 bits per heavy atom. The Hall–Kier alpha value is -3.07. The molecule has 0 N–H and O–H groups in total. The quantitative estimate of drug-likeness (QED) is 0.243. The lowest BCUT2D eigenvalue weighted by Gasteiger charge is -2.08. The Bertz CT molecular complexity index is 853. The predicted octanol–water partition coefficient (Wildman–Crippen LogP) is 6.53. The summed E-state index contributed by atoms with van der Waals surface area (Å²) in [5.41, 5.74) is 2.72. The first-order valence-corrected chi connectivity index (χ1v) is 9.87. The van der Waals surface area contributed by atoms with Crippen molar-refractivity contribution in [2.24, 2.45) is 0 Å². The molecular weight excluding hydrogens is 348 g/mol. The van der Waals surface area contributed by atoms with Gasteiger partial charge < -0.3 is 9.47 Å². The Labute approximate surface area is 166 Å². The van der Waals surface area contributed by atoms with Crippen LogP contribution in [0.4, 0.5) is 0 Å². The summed E-state index contributed by atoms with van der Waals surface area (Å²) in [5, 5.41) is 0. The van der Waals surface area contributed by atoms with Crippen LogP contribution >= 0.6 is 0 Å². The lowest BCUT2D eigenvalue weighted by atomic mass is 10.1. The number of rotatable bonds is 9. The van der Waals surface area contributed by atoms with Gasteiger partial charge in [0.1, 0.15) is 11.5 Å². The van der Waals surface area contributed by atoms with Crippen LogP contribution in [0, 0.1) is 0 Å². The van der Waals surface area contributed by atoms with E-state index >= 15 is 0 Å². The summed E-state index contributed by atoms with van der Waals surface area (Å²) in [6, 6.07) is 24.7. The maximum atomic E-state index is 12.3. The van der Waals surface area contributed by atoms with Crippen LogP contribution in [-0.4, -0.2) is 12.6 Å². The van der Waals surface area contributed by atoms with E-state index in [1.807, 2.05) is 54.6 Å². The highest BCUT2D eigenvalue weighted by atomic mass is 16.5. The Balaban J connectivity index is 1.53. The Morgan fingerprint density at radius 2 is 1.36 bits per heavy atom. The molecule has 0 unspecified atom stereocenters. The van der Waals surface area contributed by atoms with Crippen LogP contribution in [0.3, 0.4) is 0 Å². The third-order valence-corrected chi connectivity index (χ3v) is 4.53. The van der Waals surface area contributed by atoms with Crippen molar-refractivity contribution < 1.29 is 14.3 Å². The van der Waals surface area contributed by atoms with Crippen molar-refractivity contribution in [3.8, 4) is 22.6 Å². The summed E-state index contributed by atoms with van der Waals surface area (Å²) in [7, 11) is 0. The maximum absolute atomic E-state index is 12.3. The number of carbonyl (C=O) groups is 1. The maximum Gasteiger partial charge on any atom is 0.343 e. The molecule has 3 nitrogen and oxygen atoms in total. The van der Waals surface area contributed by atoms with Gasteiger partial charge in [-0.3, -0.25) is 0 Å². The van der Waals surface area contributed by atoms with E-state index < -0.39 is 0 Å². The number of esters is 1. The molecule has 0 saturated heterocycles. The first-order chi connectivity index (χ1) is 13.8. The summed E-state index contributed by atoms with van der Waals surface area (Å²) in [5.74, 6) is 0.933. The van der Waals surface area contributed by atoms with E-state index in [9.17, 15) is 4.79 Å². The highest BCUT2D eigenvalue weighted by Gasteiger charge is 2.09. The van der Waals surface area contributed by atoms with Gasteiger partial charge in [0, 0.05) is 0 Å². The molecule has 0 aliphatic heterocycles. The van der Waals surface area contributed by atoms with E-state index in [2.05, 4.69) is 19.1 Å². The smallest absolute Gasteiger partial charge is 0.343 e. The summed E-state index contributed by atoms with van der Waals surface area (Å²) < 4.78 is 11.2. The predicted molar refractivity (Wildman–Crippen MR) is 113 cm³/mol. The van der Waals surface area contributed by atoms with Crippen LogP contribution < -0.4 is 9.47 Å². The average Bonchev–Trinajstić information content (AvgIpc) is 2.75. The molecule has 28 heavy (non-hydrogen) atoms. The van der Waals surface area contributed by atoms with Crippen LogP contribution in [0.25, 0.3) is 11.1 Å². The zero-order valence-electron chi connectivity index (χ0n) is 16.3. The van der Waals surface area contributed by atoms with E-state index in [-0.39, 0.29) is 5.97 Å². The Kier molecular flexibility index (Phi) is 7.25. The molecular formula is C25H26O3. The van der Waals surface area contributed by atoms with Gasteiger partial charge in [-0.25, -0.2) is 4.79 Å². The average molecular weight is 374 g/mol. The van der Waals surface area contributed by atoms with Crippen LogP contribution in [-0.2, 0) is 0 Å². The number of carbonyl (C=O) groups excluding carboxylic acids is 1. The molecule has 0 bridgehead atoms. The second-order valence-electron chi connectivity index (χ2n) is 6.71. The number of unbranched alkanes of at least 4 members (excludes halogenated alkanes) is 3. The lowest BCUT2D eigenvalue weighted by Crippen LogP contribution is -2.08. The molecule has 0 aliphatic carbocycles.